The number of amides is 1. The zero-order valence-corrected chi connectivity index (χ0v) is 13.4. The lowest BCUT2D eigenvalue weighted by Gasteiger charge is -2.17. The number of nitrogens with zero attached hydrogens (tertiary/aromatic N) is 3. The van der Waals surface area contributed by atoms with E-state index in [9.17, 15) is 9.90 Å². The maximum Gasteiger partial charge on any atom is 0.246 e. The quantitative estimate of drug-likeness (QED) is 0.831. The zero-order valence-electron chi connectivity index (χ0n) is 13.4. The molecular formula is C18H21N3O3. The van der Waals surface area contributed by atoms with Crippen LogP contribution in [0.3, 0.4) is 0 Å². The summed E-state index contributed by atoms with van der Waals surface area (Å²) in [6, 6.07) is 11.5. The maximum absolute atomic E-state index is 12.5. The second kappa shape index (κ2) is 7.42. The van der Waals surface area contributed by atoms with E-state index < -0.39 is 6.10 Å². The van der Waals surface area contributed by atoms with Crippen molar-refractivity contribution >= 4 is 12.0 Å². The van der Waals surface area contributed by atoms with E-state index in [2.05, 4.69) is 5.10 Å². The van der Waals surface area contributed by atoms with Crippen LogP contribution in [-0.2, 0) is 17.9 Å². The molecule has 0 fully saturated rings. The third-order valence-electron chi connectivity index (χ3n) is 4.08. The smallest absolute Gasteiger partial charge is 0.246 e. The first-order valence-corrected chi connectivity index (χ1v) is 8.05. The molecule has 1 atom stereocenters. The van der Waals surface area contributed by atoms with Crippen molar-refractivity contribution in [2.75, 3.05) is 13.2 Å². The molecule has 2 heterocycles. The lowest BCUT2D eigenvalue weighted by molar-refractivity contribution is -0.126. The summed E-state index contributed by atoms with van der Waals surface area (Å²) in [4.78, 5) is 14.2. The largest absolute Gasteiger partial charge is 0.393 e. The number of fused-ring (bicyclic) bond motifs is 1. The Labute approximate surface area is 140 Å². The molecule has 24 heavy (non-hydrogen) atoms. The first-order valence-electron chi connectivity index (χ1n) is 8.05. The maximum atomic E-state index is 12.5. The van der Waals surface area contributed by atoms with E-state index in [0.717, 1.165) is 17.7 Å². The Balaban J connectivity index is 1.72. The fraction of sp³-hybridized carbons (Fsp3) is 0.333. The van der Waals surface area contributed by atoms with Crippen molar-refractivity contribution in [1.82, 2.24) is 14.7 Å². The summed E-state index contributed by atoms with van der Waals surface area (Å²) in [6.45, 7) is 1.45. The van der Waals surface area contributed by atoms with E-state index in [1.54, 1.807) is 17.0 Å². The van der Waals surface area contributed by atoms with Crippen molar-refractivity contribution in [3.63, 3.8) is 0 Å². The van der Waals surface area contributed by atoms with E-state index in [1.807, 2.05) is 41.1 Å². The Morgan fingerprint density at radius 1 is 1.29 bits per heavy atom. The van der Waals surface area contributed by atoms with E-state index >= 15 is 0 Å². The molecule has 0 aliphatic carbocycles. The van der Waals surface area contributed by atoms with Gasteiger partial charge >= 0.3 is 0 Å². The summed E-state index contributed by atoms with van der Waals surface area (Å²) in [5.41, 5.74) is 2.30. The topological polar surface area (TPSA) is 78.6 Å². The van der Waals surface area contributed by atoms with Gasteiger partial charge < -0.3 is 15.1 Å². The van der Waals surface area contributed by atoms with E-state index in [4.69, 9.17) is 5.11 Å². The van der Waals surface area contributed by atoms with Crippen molar-refractivity contribution in [3.8, 4) is 0 Å². The monoisotopic (exact) mass is 327 g/mol. The Morgan fingerprint density at radius 3 is 2.83 bits per heavy atom. The van der Waals surface area contributed by atoms with Gasteiger partial charge in [-0.2, -0.15) is 5.10 Å². The lowest BCUT2D eigenvalue weighted by atomic mass is 10.2. The standard InChI is InChI=1S/C18H21N3O3/c22-13-17(23)16-11-15-12-20(9-4-10-21(15)19-16)18(24)8-7-14-5-2-1-3-6-14/h1-3,5-8,11,17,22-23H,4,9-10,12-13H2/b8-7+/t17-/m1/s1. The normalized spacial score (nSPS) is 16.0. The van der Waals surface area contributed by atoms with Gasteiger partial charge in [0.1, 0.15) is 6.10 Å². The zero-order chi connectivity index (χ0) is 16.9. The number of benzene rings is 1. The molecular weight excluding hydrogens is 306 g/mol. The number of aliphatic hydroxyl groups excluding tert-OH is 2. The predicted molar refractivity (Wildman–Crippen MR) is 89.8 cm³/mol. The van der Waals surface area contributed by atoms with Gasteiger partial charge in [-0.3, -0.25) is 9.48 Å². The molecule has 6 heteroatoms. The highest BCUT2D eigenvalue weighted by atomic mass is 16.3. The average Bonchev–Trinajstić information content (AvgIpc) is 2.91. The molecule has 3 rings (SSSR count). The number of carbonyl (C=O) groups excluding carboxylic acids is 1. The van der Waals surface area contributed by atoms with Gasteiger partial charge in [-0.1, -0.05) is 30.3 Å². The van der Waals surface area contributed by atoms with Gasteiger partial charge in [0.15, 0.2) is 0 Å². The van der Waals surface area contributed by atoms with E-state index in [1.165, 1.54) is 0 Å². The Kier molecular flexibility index (Phi) is 5.08. The molecule has 0 saturated carbocycles. The lowest BCUT2D eigenvalue weighted by Crippen LogP contribution is -2.29. The summed E-state index contributed by atoms with van der Waals surface area (Å²) in [7, 11) is 0. The van der Waals surface area contributed by atoms with Crippen LogP contribution in [0.25, 0.3) is 6.08 Å². The van der Waals surface area contributed by atoms with Gasteiger partial charge in [-0.05, 0) is 24.1 Å². The number of rotatable bonds is 4. The van der Waals surface area contributed by atoms with E-state index in [0.29, 0.717) is 25.3 Å². The summed E-state index contributed by atoms with van der Waals surface area (Å²) in [5.74, 6) is -0.0437. The summed E-state index contributed by atoms with van der Waals surface area (Å²) < 4.78 is 1.81. The van der Waals surface area contributed by atoms with Gasteiger partial charge in [-0.25, -0.2) is 0 Å². The van der Waals surface area contributed by atoms with Gasteiger partial charge in [0.25, 0.3) is 0 Å². The number of hydrogen-bond donors (Lipinski definition) is 2. The molecule has 1 aliphatic rings. The van der Waals surface area contributed by atoms with Gasteiger partial charge in [0.05, 0.1) is 24.5 Å². The van der Waals surface area contributed by atoms with Crippen LogP contribution >= 0.6 is 0 Å². The van der Waals surface area contributed by atoms with Crippen molar-refractivity contribution in [1.29, 1.82) is 0 Å². The minimum Gasteiger partial charge on any atom is -0.393 e. The van der Waals surface area contributed by atoms with Gasteiger partial charge in [-0.15, -0.1) is 0 Å². The number of carbonyl (C=O) groups is 1. The predicted octanol–water partition coefficient (Wildman–Crippen LogP) is 1.35. The second-order valence-electron chi connectivity index (χ2n) is 5.84. The molecule has 0 unspecified atom stereocenters. The first-order chi connectivity index (χ1) is 11.7. The Hall–Kier alpha value is -2.44. The highest BCUT2D eigenvalue weighted by molar-refractivity contribution is 5.91. The number of aliphatic hydroxyl groups is 2. The molecule has 1 aromatic heterocycles. The fourth-order valence-electron chi connectivity index (χ4n) is 2.77. The number of aryl methyl sites for hydroxylation is 1. The molecule has 126 valence electrons. The average molecular weight is 327 g/mol. The molecule has 0 spiro atoms. The molecule has 1 amide bonds. The highest BCUT2D eigenvalue weighted by Gasteiger charge is 2.21. The van der Waals surface area contributed by atoms with Crippen molar-refractivity contribution < 1.29 is 15.0 Å². The summed E-state index contributed by atoms with van der Waals surface area (Å²) in [6.07, 6.45) is 3.22. The molecule has 2 aromatic rings. The van der Waals surface area contributed by atoms with Crippen LogP contribution in [0.2, 0.25) is 0 Å². The molecule has 1 aliphatic heterocycles. The van der Waals surface area contributed by atoms with Crippen LogP contribution in [-0.4, -0.2) is 44.0 Å². The van der Waals surface area contributed by atoms with Crippen LogP contribution < -0.4 is 0 Å². The SMILES string of the molecule is O=C(/C=C/c1ccccc1)N1CCCn2nc([C@H](O)CO)cc2C1. The second-order valence-corrected chi connectivity index (χ2v) is 5.84. The van der Waals surface area contributed by atoms with Crippen LogP contribution in [0.15, 0.2) is 42.5 Å². The molecule has 2 N–H and O–H groups in total. The van der Waals surface area contributed by atoms with Crippen molar-refractivity contribution in [2.24, 2.45) is 0 Å². The van der Waals surface area contributed by atoms with Crippen molar-refractivity contribution in [2.45, 2.75) is 25.6 Å². The van der Waals surface area contributed by atoms with Crippen LogP contribution in [0.1, 0.15) is 29.5 Å². The molecule has 0 saturated heterocycles. The molecule has 0 radical (unpaired) electrons. The summed E-state index contributed by atoms with van der Waals surface area (Å²) >= 11 is 0. The van der Waals surface area contributed by atoms with E-state index in [-0.39, 0.29) is 12.5 Å². The van der Waals surface area contributed by atoms with Gasteiger partial charge in [0, 0.05) is 19.2 Å². The highest BCUT2D eigenvalue weighted by Crippen LogP contribution is 2.18. The third-order valence-corrected chi connectivity index (χ3v) is 4.08. The summed E-state index contributed by atoms with van der Waals surface area (Å²) in [5, 5.41) is 23.1. The number of hydrogen-bond acceptors (Lipinski definition) is 4. The first kappa shape index (κ1) is 16.4. The van der Waals surface area contributed by atoms with Crippen LogP contribution in [0.5, 0.6) is 0 Å². The molecule has 1 aromatic carbocycles. The minimum atomic E-state index is -0.980. The molecule has 6 nitrogen and oxygen atoms in total. The third kappa shape index (κ3) is 3.72. The fourth-order valence-corrected chi connectivity index (χ4v) is 2.77. The van der Waals surface area contributed by atoms with Crippen LogP contribution in [0.4, 0.5) is 0 Å². The van der Waals surface area contributed by atoms with Crippen LogP contribution in [0, 0.1) is 0 Å². The molecule has 0 bridgehead atoms. The van der Waals surface area contributed by atoms with Crippen molar-refractivity contribution in [3.05, 3.63) is 59.4 Å². The van der Waals surface area contributed by atoms with Gasteiger partial charge in [0.2, 0.25) is 5.91 Å². The number of aromatic nitrogens is 2. The minimum absolute atomic E-state index is 0.0437. The Bertz CT molecular complexity index is 724. The Morgan fingerprint density at radius 2 is 2.08 bits per heavy atom.